The Kier molecular flexibility index (Phi) is 5.40. The molecule has 0 saturated carbocycles. The molecule has 0 spiro atoms. The molecule has 1 amide bonds. The van der Waals surface area contributed by atoms with Crippen LogP contribution in [0.3, 0.4) is 0 Å². The highest BCUT2D eigenvalue weighted by Gasteiger charge is 2.21. The summed E-state index contributed by atoms with van der Waals surface area (Å²) in [5.41, 5.74) is 0.924. The van der Waals surface area contributed by atoms with Gasteiger partial charge in [-0.1, -0.05) is 35.6 Å². The topological polar surface area (TPSA) is 36.4 Å². The molecule has 1 heterocycles. The van der Waals surface area contributed by atoms with Gasteiger partial charge in [0.2, 0.25) is 0 Å². The van der Waals surface area contributed by atoms with Crippen LogP contribution in [0, 0.1) is 5.82 Å². The minimum atomic E-state index is -0.361. The lowest BCUT2D eigenvalue weighted by molar-refractivity contribution is 0.0986. The van der Waals surface area contributed by atoms with Crippen molar-refractivity contribution in [3.63, 3.8) is 0 Å². The van der Waals surface area contributed by atoms with Crippen molar-refractivity contribution in [1.82, 2.24) is 9.88 Å². The molecular weight excluding hydrogens is 337 g/mol. The van der Waals surface area contributed by atoms with E-state index in [0.717, 1.165) is 17.7 Å². The number of carbonyl (C=O) groups excluding carboxylic acids is 1. The van der Waals surface area contributed by atoms with E-state index in [0.29, 0.717) is 22.8 Å². The zero-order chi connectivity index (χ0) is 17.8. The Morgan fingerprint density at radius 1 is 1.08 bits per heavy atom. The molecular formula is C19H20FN3OS. The first-order valence-corrected chi connectivity index (χ1v) is 8.94. The zero-order valence-corrected chi connectivity index (χ0v) is 15.1. The van der Waals surface area contributed by atoms with Gasteiger partial charge in [-0.15, -0.1) is 0 Å². The SMILES string of the molecule is CN(C)CCCN(C(=O)c1ccccc1)c1nc2c(F)cccc2s1. The van der Waals surface area contributed by atoms with E-state index in [1.165, 1.54) is 17.4 Å². The van der Waals surface area contributed by atoms with E-state index in [9.17, 15) is 9.18 Å². The van der Waals surface area contributed by atoms with Crippen LogP contribution in [0.15, 0.2) is 48.5 Å². The second-order valence-corrected chi connectivity index (χ2v) is 7.07. The normalized spacial score (nSPS) is 11.2. The van der Waals surface area contributed by atoms with E-state index in [1.54, 1.807) is 23.1 Å². The van der Waals surface area contributed by atoms with Gasteiger partial charge in [0.25, 0.3) is 5.91 Å². The number of hydrogen-bond donors (Lipinski definition) is 0. The van der Waals surface area contributed by atoms with Crippen molar-refractivity contribution in [1.29, 1.82) is 0 Å². The van der Waals surface area contributed by atoms with Crippen molar-refractivity contribution < 1.29 is 9.18 Å². The third-order valence-electron chi connectivity index (χ3n) is 3.84. The number of amides is 1. The number of halogens is 1. The monoisotopic (exact) mass is 357 g/mol. The Bertz CT molecular complexity index is 863. The summed E-state index contributed by atoms with van der Waals surface area (Å²) in [7, 11) is 3.99. The number of para-hydroxylation sites is 1. The first-order chi connectivity index (χ1) is 12.1. The van der Waals surface area contributed by atoms with Crippen molar-refractivity contribution in [2.24, 2.45) is 0 Å². The number of hydrogen-bond acceptors (Lipinski definition) is 4. The number of nitrogens with zero attached hydrogens (tertiary/aromatic N) is 3. The number of aromatic nitrogens is 1. The average molecular weight is 357 g/mol. The summed E-state index contributed by atoms with van der Waals surface area (Å²) < 4.78 is 14.7. The standard InChI is InChI=1S/C19H20FN3OS/c1-22(2)12-7-13-23(18(24)14-8-4-3-5-9-14)19-21-17-15(20)10-6-11-16(17)25-19/h3-6,8-11H,7,12-13H2,1-2H3. The van der Waals surface area contributed by atoms with Crippen molar-refractivity contribution in [2.45, 2.75) is 6.42 Å². The second kappa shape index (κ2) is 7.72. The van der Waals surface area contributed by atoms with Crippen molar-refractivity contribution >= 4 is 32.6 Å². The Morgan fingerprint density at radius 3 is 2.52 bits per heavy atom. The summed E-state index contributed by atoms with van der Waals surface area (Å²) in [6.45, 7) is 1.39. The highest BCUT2D eigenvalue weighted by molar-refractivity contribution is 7.22. The van der Waals surface area contributed by atoms with E-state index in [2.05, 4.69) is 9.88 Å². The van der Waals surface area contributed by atoms with E-state index in [1.807, 2.05) is 38.4 Å². The molecule has 1 aromatic heterocycles. The van der Waals surface area contributed by atoms with Crippen LogP contribution in [0.5, 0.6) is 0 Å². The van der Waals surface area contributed by atoms with Crippen molar-refractivity contribution in [3.05, 3.63) is 59.9 Å². The Labute approximate surface area is 150 Å². The lowest BCUT2D eigenvalue weighted by Gasteiger charge is -2.21. The fourth-order valence-electron chi connectivity index (χ4n) is 2.58. The quantitative estimate of drug-likeness (QED) is 0.668. The number of thiazole rings is 1. The number of anilines is 1. The fraction of sp³-hybridized carbons (Fsp3) is 0.263. The molecule has 0 N–H and O–H groups in total. The largest absolute Gasteiger partial charge is 0.309 e. The Balaban J connectivity index is 1.94. The van der Waals surface area contributed by atoms with Gasteiger partial charge in [0.05, 0.1) is 4.70 Å². The molecule has 25 heavy (non-hydrogen) atoms. The van der Waals surface area contributed by atoms with Crippen LogP contribution in [0.4, 0.5) is 9.52 Å². The van der Waals surface area contributed by atoms with Gasteiger partial charge in [-0.25, -0.2) is 9.37 Å². The lowest BCUT2D eigenvalue weighted by atomic mass is 10.2. The predicted octanol–water partition coefficient (Wildman–Crippen LogP) is 4.03. The van der Waals surface area contributed by atoms with Crippen molar-refractivity contribution in [2.75, 3.05) is 32.1 Å². The average Bonchev–Trinajstić information content (AvgIpc) is 3.04. The van der Waals surface area contributed by atoms with Crippen LogP contribution in [0.1, 0.15) is 16.8 Å². The maximum atomic E-state index is 14.0. The summed E-state index contributed by atoms with van der Waals surface area (Å²) in [6.07, 6.45) is 0.810. The van der Waals surface area contributed by atoms with Gasteiger partial charge < -0.3 is 4.90 Å². The highest BCUT2D eigenvalue weighted by Crippen LogP contribution is 2.31. The molecule has 0 unspecified atom stereocenters. The van der Waals surface area contributed by atoms with Gasteiger partial charge in [0, 0.05) is 12.1 Å². The van der Waals surface area contributed by atoms with Gasteiger partial charge in [0.15, 0.2) is 5.13 Å². The van der Waals surface area contributed by atoms with Gasteiger partial charge >= 0.3 is 0 Å². The van der Waals surface area contributed by atoms with E-state index in [4.69, 9.17) is 0 Å². The Morgan fingerprint density at radius 2 is 1.84 bits per heavy atom. The number of benzene rings is 2. The third kappa shape index (κ3) is 4.03. The maximum Gasteiger partial charge on any atom is 0.260 e. The summed E-state index contributed by atoms with van der Waals surface area (Å²) >= 11 is 1.34. The van der Waals surface area contributed by atoms with Gasteiger partial charge in [0.1, 0.15) is 11.3 Å². The minimum absolute atomic E-state index is 0.112. The first-order valence-electron chi connectivity index (χ1n) is 8.13. The zero-order valence-electron chi connectivity index (χ0n) is 14.3. The van der Waals surface area contributed by atoms with Crippen LogP contribution in [0.25, 0.3) is 10.2 Å². The molecule has 130 valence electrons. The lowest BCUT2D eigenvalue weighted by Crippen LogP contribution is -2.33. The molecule has 6 heteroatoms. The van der Waals surface area contributed by atoms with Gasteiger partial charge in [-0.2, -0.15) is 0 Å². The summed E-state index contributed by atoms with van der Waals surface area (Å²) in [5.74, 6) is -0.473. The molecule has 0 saturated heterocycles. The molecule has 0 aliphatic carbocycles. The summed E-state index contributed by atoms with van der Waals surface area (Å²) in [6, 6.07) is 14.0. The van der Waals surface area contributed by atoms with Crippen LogP contribution in [0.2, 0.25) is 0 Å². The van der Waals surface area contributed by atoms with E-state index in [-0.39, 0.29) is 11.7 Å². The first kappa shape index (κ1) is 17.5. The van der Waals surface area contributed by atoms with Crippen LogP contribution in [-0.4, -0.2) is 43.0 Å². The summed E-state index contributed by atoms with van der Waals surface area (Å²) in [4.78, 5) is 21.1. The highest BCUT2D eigenvalue weighted by atomic mass is 32.1. The van der Waals surface area contributed by atoms with Crippen molar-refractivity contribution in [3.8, 4) is 0 Å². The fourth-order valence-corrected chi connectivity index (χ4v) is 3.59. The smallest absolute Gasteiger partial charge is 0.260 e. The molecule has 0 radical (unpaired) electrons. The molecule has 0 aliphatic heterocycles. The number of carbonyl (C=O) groups is 1. The minimum Gasteiger partial charge on any atom is -0.309 e. The van der Waals surface area contributed by atoms with E-state index < -0.39 is 0 Å². The van der Waals surface area contributed by atoms with Crippen LogP contribution in [-0.2, 0) is 0 Å². The molecule has 2 aromatic carbocycles. The molecule has 4 nitrogen and oxygen atoms in total. The third-order valence-corrected chi connectivity index (χ3v) is 4.89. The number of rotatable bonds is 6. The second-order valence-electron chi connectivity index (χ2n) is 6.06. The molecule has 0 bridgehead atoms. The molecule has 0 atom stereocenters. The maximum absolute atomic E-state index is 14.0. The van der Waals surface area contributed by atoms with Crippen LogP contribution < -0.4 is 4.90 Å². The number of fused-ring (bicyclic) bond motifs is 1. The van der Waals surface area contributed by atoms with E-state index >= 15 is 0 Å². The molecule has 0 aliphatic rings. The predicted molar refractivity (Wildman–Crippen MR) is 101 cm³/mol. The molecule has 3 aromatic rings. The van der Waals surface area contributed by atoms with Gasteiger partial charge in [-0.3, -0.25) is 9.69 Å². The Hall–Kier alpha value is -2.31. The molecule has 3 rings (SSSR count). The van der Waals surface area contributed by atoms with Gasteiger partial charge in [-0.05, 0) is 51.3 Å². The summed E-state index contributed by atoms with van der Waals surface area (Å²) in [5, 5.41) is 0.535. The van der Waals surface area contributed by atoms with Crippen LogP contribution >= 0.6 is 11.3 Å². The molecule has 0 fully saturated rings.